The molecule has 5 rings (SSSR count). The highest BCUT2D eigenvalue weighted by molar-refractivity contribution is 6.31. The largest absolute Gasteiger partial charge is 0.618 e. The average Bonchev–Trinajstić information content (AvgIpc) is 3.26. The predicted octanol–water partition coefficient (Wildman–Crippen LogP) is 5.13. The molecule has 174 valence electrons. The van der Waals surface area contributed by atoms with Crippen LogP contribution in [-0.2, 0) is 6.42 Å². The number of benzene rings is 3. The summed E-state index contributed by atoms with van der Waals surface area (Å²) >= 11 is 6.14. The number of amides is 1. The van der Waals surface area contributed by atoms with E-state index in [4.69, 9.17) is 17.3 Å². The number of nitrogens with zero attached hydrogens (tertiary/aromatic N) is 2. The first-order chi connectivity index (χ1) is 16.9. The number of H-pyrrole nitrogens is 1. The minimum absolute atomic E-state index is 0.266. The van der Waals surface area contributed by atoms with Gasteiger partial charge in [-0.25, -0.2) is 9.37 Å². The highest BCUT2D eigenvalue weighted by Crippen LogP contribution is 2.30. The molecule has 0 aliphatic rings. The molecule has 0 saturated carbocycles. The topological polar surface area (TPSA) is 98.7 Å². The maximum atomic E-state index is 13.8. The molecule has 6 nitrogen and oxygen atoms in total. The van der Waals surface area contributed by atoms with Gasteiger partial charge in [-0.3, -0.25) is 4.79 Å². The van der Waals surface area contributed by atoms with E-state index in [0.29, 0.717) is 45.1 Å². The quantitative estimate of drug-likeness (QED) is 0.257. The van der Waals surface area contributed by atoms with E-state index in [1.165, 1.54) is 24.4 Å². The number of halogens is 2. The van der Waals surface area contributed by atoms with Crippen molar-refractivity contribution in [3.63, 3.8) is 0 Å². The Hall–Kier alpha value is -4.23. The van der Waals surface area contributed by atoms with Crippen molar-refractivity contribution in [1.29, 1.82) is 0 Å². The summed E-state index contributed by atoms with van der Waals surface area (Å²) in [6.07, 6.45) is 1.89. The first-order valence-corrected chi connectivity index (χ1v) is 11.3. The van der Waals surface area contributed by atoms with E-state index in [9.17, 15) is 14.4 Å². The van der Waals surface area contributed by atoms with Gasteiger partial charge in [-0.05, 0) is 54.4 Å². The van der Waals surface area contributed by atoms with E-state index in [1.807, 2.05) is 30.3 Å². The first kappa shape index (κ1) is 22.6. The van der Waals surface area contributed by atoms with Gasteiger partial charge in [0.25, 0.3) is 0 Å². The van der Waals surface area contributed by atoms with Crippen LogP contribution in [0.2, 0.25) is 5.02 Å². The van der Waals surface area contributed by atoms with Crippen molar-refractivity contribution in [2.45, 2.75) is 12.3 Å². The normalized spacial score (nSPS) is 12.1. The molecule has 0 saturated heterocycles. The van der Waals surface area contributed by atoms with E-state index >= 15 is 0 Å². The molecule has 3 N–H and O–H groups in total. The number of nitrogens with one attached hydrogen (secondary N) is 1. The Balaban J connectivity index is 1.61. The Morgan fingerprint density at radius 1 is 1.09 bits per heavy atom. The van der Waals surface area contributed by atoms with Gasteiger partial charge < -0.3 is 15.9 Å². The lowest BCUT2D eigenvalue weighted by molar-refractivity contribution is -0.614. The van der Waals surface area contributed by atoms with Gasteiger partial charge in [0.15, 0.2) is 6.20 Å². The molecule has 1 atom stereocenters. The molecule has 0 aliphatic heterocycles. The zero-order chi connectivity index (χ0) is 24.5. The standard InChI is InChI=1S/C27H20ClFN4O2/c28-18-7-9-20(26(30)34)21(13-18)17-6-11-25(33(35)15-17)22(12-16-4-2-1-3-5-16)27-31-23-10-8-19(29)14-24(23)32-27/h1-11,13-15,22H,12H2,(H2,30,34)(H,31,32)/t22-/m0/s1. The third-order valence-corrected chi connectivity index (χ3v) is 6.17. The number of fused-ring (bicyclic) bond motifs is 1. The summed E-state index contributed by atoms with van der Waals surface area (Å²) in [5, 5.41) is 13.7. The zero-order valence-corrected chi connectivity index (χ0v) is 19.2. The van der Waals surface area contributed by atoms with Crippen LogP contribution in [0, 0.1) is 11.0 Å². The molecule has 0 bridgehead atoms. The minimum atomic E-state index is -0.616. The monoisotopic (exact) mass is 486 g/mol. The number of hydrogen-bond acceptors (Lipinski definition) is 3. The Morgan fingerprint density at radius 2 is 1.89 bits per heavy atom. The fourth-order valence-electron chi connectivity index (χ4n) is 4.25. The third-order valence-electron chi connectivity index (χ3n) is 5.93. The number of carbonyl (C=O) groups excluding carboxylic acids is 1. The smallest absolute Gasteiger partial charge is 0.249 e. The van der Waals surface area contributed by atoms with Crippen molar-refractivity contribution >= 4 is 28.5 Å². The van der Waals surface area contributed by atoms with Crippen LogP contribution >= 0.6 is 11.6 Å². The second-order valence-corrected chi connectivity index (χ2v) is 8.68. The zero-order valence-electron chi connectivity index (χ0n) is 18.4. The SMILES string of the molecule is NC(=O)c1ccc(Cl)cc1-c1ccc([C@H](Cc2ccccc2)c2nc3ccc(F)cc3[nH]2)[n+]([O-])c1. The summed E-state index contributed by atoms with van der Waals surface area (Å²) in [6.45, 7) is 0. The van der Waals surface area contributed by atoms with Gasteiger partial charge in [0.2, 0.25) is 11.6 Å². The van der Waals surface area contributed by atoms with Gasteiger partial charge in [-0.2, -0.15) is 4.73 Å². The van der Waals surface area contributed by atoms with Crippen LogP contribution in [-0.4, -0.2) is 15.9 Å². The maximum Gasteiger partial charge on any atom is 0.249 e. The number of aromatic amines is 1. The Morgan fingerprint density at radius 3 is 2.63 bits per heavy atom. The molecular weight excluding hydrogens is 467 g/mol. The van der Waals surface area contributed by atoms with Crippen molar-refractivity contribution < 1.29 is 13.9 Å². The molecule has 1 amide bonds. The molecular formula is C27H20ClFN4O2. The van der Waals surface area contributed by atoms with Crippen LogP contribution in [0.25, 0.3) is 22.2 Å². The van der Waals surface area contributed by atoms with Gasteiger partial charge in [0.1, 0.15) is 17.6 Å². The van der Waals surface area contributed by atoms with E-state index in [-0.39, 0.29) is 11.4 Å². The van der Waals surface area contributed by atoms with Crippen molar-refractivity contribution in [1.82, 2.24) is 9.97 Å². The number of nitrogens with two attached hydrogens (primary N) is 1. The van der Waals surface area contributed by atoms with Gasteiger partial charge in [0.05, 0.1) is 11.0 Å². The highest BCUT2D eigenvalue weighted by Gasteiger charge is 2.27. The first-order valence-electron chi connectivity index (χ1n) is 10.9. The number of imidazole rings is 1. The highest BCUT2D eigenvalue weighted by atomic mass is 35.5. The van der Waals surface area contributed by atoms with E-state index < -0.39 is 11.8 Å². The molecule has 0 aliphatic carbocycles. The molecule has 0 radical (unpaired) electrons. The third kappa shape index (κ3) is 4.58. The fraction of sp³-hybridized carbons (Fsp3) is 0.0741. The van der Waals surface area contributed by atoms with Crippen LogP contribution < -0.4 is 10.5 Å². The fourth-order valence-corrected chi connectivity index (χ4v) is 4.42. The molecule has 8 heteroatoms. The van der Waals surface area contributed by atoms with Gasteiger partial charge >= 0.3 is 0 Å². The van der Waals surface area contributed by atoms with Gasteiger partial charge in [0, 0.05) is 27.8 Å². The van der Waals surface area contributed by atoms with Crippen LogP contribution in [0.1, 0.15) is 33.4 Å². The molecule has 0 unspecified atom stereocenters. The summed E-state index contributed by atoms with van der Waals surface area (Å²) in [7, 11) is 0. The van der Waals surface area contributed by atoms with Crippen LogP contribution in [0.3, 0.4) is 0 Å². The second-order valence-electron chi connectivity index (χ2n) is 8.25. The summed E-state index contributed by atoms with van der Waals surface area (Å²) in [4.78, 5) is 19.7. The number of hydrogen-bond donors (Lipinski definition) is 2. The number of rotatable bonds is 6. The Kier molecular flexibility index (Phi) is 5.93. The summed E-state index contributed by atoms with van der Waals surface area (Å²) in [5.41, 5.74) is 9.38. The molecule has 2 heterocycles. The lowest BCUT2D eigenvalue weighted by Gasteiger charge is -2.16. The number of primary amides is 1. The number of carbonyl (C=O) groups is 1. The average molecular weight is 487 g/mol. The lowest BCUT2D eigenvalue weighted by atomic mass is 9.93. The predicted molar refractivity (Wildman–Crippen MR) is 132 cm³/mol. The van der Waals surface area contributed by atoms with Crippen molar-refractivity contribution in [2.75, 3.05) is 0 Å². The molecule has 0 fully saturated rings. The summed E-state index contributed by atoms with van der Waals surface area (Å²) in [5.74, 6) is -0.876. The van der Waals surface area contributed by atoms with Crippen LogP contribution in [0.15, 0.2) is 85.1 Å². The molecule has 0 spiro atoms. The molecule has 2 aromatic heterocycles. The maximum absolute atomic E-state index is 13.8. The molecule has 3 aromatic carbocycles. The van der Waals surface area contributed by atoms with Gasteiger partial charge in [-0.15, -0.1) is 0 Å². The van der Waals surface area contributed by atoms with Crippen LogP contribution in [0.5, 0.6) is 0 Å². The number of aromatic nitrogens is 3. The summed E-state index contributed by atoms with van der Waals surface area (Å²) < 4.78 is 14.5. The second kappa shape index (κ2) is 9.19. The van der Waals surface area contributed by atoms with E-state index in [0.717, 1.165) is 10.3 Å². The lowest BCUT2D eigenvalue weighted by Crippen LogP contribution is -2.34. The van der Waals surface area contributed by atoms with E-state index in [1.54, 1.807) is 30.3 Å². The van der Waals surface area contributed by atoms with Crippen molar-refractivity contribution in [2.24, 2.45) is 5.73 Å². The molecule has 35 heavy (non-hydrogen) atoms. The minimum Gasteiger partial charge on any atom is -0.618 e. The van der Waals surface area contributed by atoms with Crippen LogP contribution in [0.4, 0.5) is 4.39 Å². The van der Waals surface area contributed by atoms with E-state index in [2.05, 4.69) is 9.97 Å². The molecule has 5 aromatic rings. The van der Waals surface area contributed by atoms with Crippen molar-refractivity contribution in [3.05, 3.63) is 124 Å². The Bertz CT molecular complexity index is 1550. The summed E-state index contributed by atoms with van der Waals surface area (Å²) in [6, 6.07) is 22.2. The Labute approximate surface area is 205 Å². The van der Waals surface area contributed by atoms with Crippen molar-refractivity contribution in [3.8, 4) is 11.1 Å². The number of pyridine rings is 1. The van der Waals surface area contributed by atoms with Gasteiger partial charge in [-0.1, -0.05) is 41.9 Å².